The molecule has 0 bridgehead atoms. The van der Waals surface area contributed by atoms with E-state index in [9.17, 15) is 9.59 Å². The second-order valence-electron chi connectivity index (χ2n) is 7.06. The highest BCUT2D eigenvalue weighted by molar-refractivity contribution is 6.10. The molecule has 4 aromatic rings. The predicted molar refractivity (Wildman–Crippen MR) is 115 cm³/mol. The fourth-order valence-corrected chi connectivity index (χ4v) is 3.47. The summed E-state index contributed by atoms with van der Waals surface area (Å²) in [4.78, 5) is 26.2. The van der Waals surface area contributed by atoms with E-state index in [1.807, 2.05) is 66.1 Å². The van der Waals surface area contributed by atoms with Gasteiger partial charge in [-0.15, -0.1) is 0 Å². The molecule has 0 unspecified atom stereocenters. The quantitative estimate of drug-likeness (QED) is 0.473. The molecule has 0 aliphatic rings. The van der Waals surface area contributed by atoms with E-state index in [2.05, 4.69) is 0 Å². The van der Waals surface area contributed by atoms with Crippen molar-refractivity contribution in [2.45, 2.75) is 13.5 Å². The number of carbonyl (C=O) groups is 1. The van der Waals surface area contributed by atoms with Crippen molar-refractivity contribution in [2.24, 2.45) is 0 Å². The molecule has 0 spiro atoms. The van der Waals surface area contributed by atoms with Crippen molar-refractivity contribution in [1.29, 1.82) is 0 Å². The molecule has 144 valence electrons. The monoisotopic (exact) mass is 383 g/mol. The van der Waals surface area contributed by atoms with E-state index in [1.165, 1.54) is 0 Å². The molecule has 0 amide bonds. The Morgan fingerprint density at radius 3 is 2.48 bits per heavy atom. The molecule has 0 radical (unpaired) electrons. The first-order valence-corrected chi connectivity index (χ1v) is 9.43. The van der Waals surface area contributed by atoms with Crippen LogP contribution in [0.25, 0.3) is 10.9 Å². The number of pyridine rings is 1. The maximum absolute atomic E-state index is 13.1. The number of rotatable bonds is 5. The SMILES string of the molecule is COc1cccc(Cn2cc(C(=O)c3ccc(C)cc3)c(=O)c3ccccc32)c1. The summed E-state index contributed by atoms with van der Waals surface area (Å²) in [5.41, 5.74) is 3.32. The summed E-state index contributed by atoms with van der Waals surface area (Å²) in [6.45, 7) is 2.48. The number of hydrogen-bond acceptors (Lipinski definition) is 3. The summed E-state index contributed by atoms with van der Waals surface area (Å²) in [5.74, 6) is 0.504. The Balaban J connectivity index is 1.85. The number of nitrogens with zero attached hydrogens (tertiary/aromatic N) is 1. The van der Waals surface area contributed by atoms with Gasteiger partial charge in [0.25, 0.3) is 0 Å². The number of ketones is 1. The summed E-state index contributed by atoms with van der Waals surface area (Å²) < 4.78 is 7.27. The van der Waals surface area contributed by atoms with Gasteiger partial charge < -0.3 is 9.30 Å². The van der Waals surface area contributed by atoms with Crippen molar-refractivity contribution in [3.8, 4) is 5.75 Å². The lowest BCUT2D eigenvalue weighted by Crippen LogP contribution is -2.20. The van der Waals surface area contributed by atoms with Gasteiger partial charge in [0.05, 0.1) is 18.2 Å². The highest BCUT2D eigenvalue weighted by Crippen LogP contribution is 2.19. The molecule has 1 aromatic heterocycles. The smallest absolute Gasteiger partial charge is 0.200 e. The Kier molecular flexibility index (Phi) is 5.00. The van der Waals surface area contributed by atoms with Gasteiger partial charge in [0.2, 0.25) is 5.43 Å². The molecule has 0 N–H and O–H groups in total. The topological polar surface area (TPSA) is 48.3 Å². The van der Waals surface area contributed by atoms with Crippen molar-refractivity contribution in [1.82, 2.24) is 4.57 Å². The average molecular weight is 383 g/mol. The van der Waals surface area contributed by atoms with Crippen LogP contribution in [0.1, 0.15) is 27.0 Å². The second kappa shape index (κ2) is 7.76. The van der Waals surface area contributed by atoms with Crippen LogP contribution in [0.5, 0.6) is 5.75 Å². The molecule has 0 atom stereocenters. The molecular weight excluding hydrogens is 362 g/mol. The van der Waals surface area contributed by atoms with Crippen LogP contribution in [0, 0.1) is 6.92 Å². The number of ether oxygens (including phenoxy) is 1. The maximum Gasteiger partial charge on any atom is 0.200 e. The van der Waals surface area contributed by atoms with Gasteiger partial charge in [0, 0.05) is 23.7 Å². The first-order valence-electron chi connectivity index (χ1n) is 9.43. The zero-order chi connectivity index (χ0) is 20.4. The molecule has 0 saturated carbocycles. The first-order chi connectivity index (χ1) is 14.1. The Morgan fingerprint density at radius 2 is 1.72 bits per heavy atom. The van der Waals surface area contributed by atoms with Crippen LogP contribution in [0.2, 0.25) is 0 Å². The van der Waals surface area contributed by atoms with Crippen LogP contribution in [0.4, 0.5) is 0 Å². The lowest BCUT2D eigenvalue weighted by Gasteiger charge is -2.14. The van der Waals surface area contributed by atoms with Crippen LogP contribution in [-0.4, -0.2) is 17.5 Å². The summed E-state index contributed by atoms with van der Waals surface area (Å²) >= 11 is 0. The van der Waals surface area contributed by atoms with Crippen LogP contribution >= 0.6 is 0 Å². The molecular formula is C25H21NO3. The fourth-order valence-electron chi connectivity index (χ4n) is 3.47. The summed E-state index contributed by atoms with van der Waals surface area (Å²) in [6, 6.07) is 22.4. The van der Waals surface area contributed by atoms with Gasteiger partial charge in [-0.2, -0.15) is 0 Å². The van der Waals surface area contributed by atoms with Crippen LogP contribution in [-0.2, 0) is 6.54 Å². The van der Waals surface area contributed by atoms with Gasteiger partial charge in [0.1, 0.15) is 5.75 Å². The van der Waals surface area contributed by atoms with Gasteiger partial charge in [-0.05, 0) is 36.8 Å². The molecule has 29 heavy (non-hydrogen) atoms. The number of carbonyl (C=O) groups excluding carboxylic acids is 1. The van der Waals surface area contributed by atoms with Gasteiger partial charge in [-0.25, -0.2) is 0 Å². The Bertz CT molecular complexity index is 1250. The number of benzene rings is 3. The minimum Gasteiger partial charge on any atom is -0.497 e. The van der Waals surface area contributed by atoms with Crippen LogP contribution < -0.4 is 10.2 Å². The summed E-state index contributed by atoms with van der Waals surface area (Å²) in [5, 5.41) is 0.536. The number of hydrogen-bond donors (Lipinski definition) is 0. The average Bonchev–Trinajstić information content (AvgIpc) is 2.76. The lowest BCUT2D eigenvalue weighted by molar-refractivity contribution is 0.103. The standard InChI is InChI=1S/C25H21NO3/c1-17-10-12-19(13-11-17)24(27)22-16-26(15-18-6-5-7-20(14-18)29-2)23-9-4-3-8-21(23)25(22)28/h3-14,16H,15H2,1-2H3. The van der Waals surface area contributed by atoms with Gasteiger partial charge in [0.15, 0.2) is 5.78 Å². The van der Waals surface area contributed by atoms with Gasteiger partial charge >= 0.3 is 0 Å². The number of aromatic nitrogens is 1. The van der Waals surface area contributed by atoms with Crippen molar-refractivity contribution in [3.63, 3.8) is 0 Å². The first kappa shape index (κ1) is 18.7. The van der Waals surface area contributed by atoms with Crippen molar-refractivity contribution in [3.05, 3.63) is 111 Å². The Morgan fingerprint density at radius 1 is 0.966 bits per heavy atom. The molecule has 0 aliphatic carbocycles. The predicted octanol–water partition coefficient (Wildman–Crippen LogP) is 4.60. The number of aryl methyl sites for hydroxylation is 1. The third kappa shape index (κ3) is 3.69. The minimum absolute atomic E-state index is 0.176. The molecule has 4 nitrogen and oxygen atoms in total. The zero-order valence-corrected chi connectivity index (χ0v) is 16.4. The van der Waals surface area contributed by atoms with Gasteiger partial charge in [-0.3, -0.25) is 9.59 Å². The minimum atomic E-state index is -0.264. The van der Waals surface area contributed by atoms with Crippen molar-refractivity contribution >= 4 is 16.7 Å². The van der Waals surface area contributed by atoms with E-state index in [0.717, 1.165) is 22.4 Å². The molecule has 0 saturated heterocycles. The van der Waals surface area contributed by atoms with E-state index in [1.54, 1.807) is 31.5 Å². The van der Waals surface area contributed by atoms with Crippen molar-refractivity contribution < 1.29 is 9.53 Å². The third-order valence-electron chi connectivity index (χ3n) is 5.03. The van der Waals surface area contributed by atoms with Crippen molar-refractivity contribution in [2.75, 3.05) is 7.11 Å². The third-order valence-corrected chi connectivity index (χ3v) is 5.03. The second-order valence-corrected chi connectivity index (χ2v) is 7.06. The van der Waals surface area contributed by atoms with Gasteiger partial charge in [-0.1, -0.05) is 54.1 Å². The van der Waals surface area contributed by atoms with Crippen LogP contribution in [0.3, 0.4) is 0 Å². The molecule has 0 fully saturated rings. The molecule has 0 aliphatic heterocycles. The van der Waals surface area contributed by atoms with E-state index >= 15 is 0 Å². The molecule has 3 aromatic carbocycles. The highest BCUT2D eigenvalue weighted by Gasteiger charge is 2.17. The number of fused-ring (bicyclic) bond motifs is 1. The largest absolute Gasteiger partial charge is 0.497 e. The highest BCUT2D eigenvalue weighted by atomic mass is 16.5. The van der Waals surface area contributed by atoms with Crippen LogP contribution in [0.15, 0.2) is 83.8 Å². The Labute approximate surface area is 169 Å². The number of para-hydroxylation sites is 1. The number of methoxy groups -OCH3 is 1. The normalized spacial score (nSPS) is 10.8. The maximum atomic E-state index is 13.1. The van der Waals surface area contributed by atoms with E-state index in [0.29, 0.717) is 17.5 Å². The zero-order valence-electron chi connectivity index (χ0n) is 16.4. The summed E-state index contributed by atoms with van der Waals surface area (Å²) in [7, 11) is 1.63. The lowest BCUT2D eigenvalue weighted by atomic mass is 10.0. The van der Waals surface area contributed by atoms with E-state index in [-0.39, 0.29) is 16.8 Å². The molecule has 4 heteroatoms. The van der Waals surface area contributed by atoms with E-state index < -0.39 is 0 Å². The summed E-state index contributed by atoms with van der Waals surface area (Å²) in [6.07, 6.45) is 1.67. The molecule has 4 rings (SSSR count). The fraction of sp³-hybridized carbons (Fsp3) is 0.120. The van der Waals surface area contributed by atoms with E-state index in [4.69, 9.17) is 4.74 Å². The molecule has 1 heterocycles. The Hall–Kier alpha value is -3.66.